The van der Waals surface area contributed by atoms with Crippen molar-refractivity contribution in [3.8, 4) is 0 Å². The first kappa shape index (κ1) is 13.6. The van der Waals surface area contributed by atoms with E-state index in [9.17, 15) is 17.6 Å². The van der Waals surface area contributed by atoms with Gasteiger partial charge < -0.3 is 9.73 Å². The van der Waals surface area contributed by atoms with Gasteiger partial charge in [0.25, 0.3) is 0 Å². The number of benzene rings is 1. The van der Waals surface area contributed by atoms with E-state index in [1.54, 1.807) is 12.1 Å². The SMILES string of the molecule is CNC(c1ccco1)c1cc(C(F)(F)F)ccc1F. The zero-order chi connectivity index (χ0) is 14.0. The molecule has 0 aliphatic heterocycles. The van der Waals surface area contributed by atoms with Gasteiger partial charge in [-0.15, -0.1) is 0 Å². The molecule has 0 amide bonds. The maximum atomic E-state index is 13.7. The molecule has 0 radical (unpaired) electrons. The van der Waals surface area contributed by atoms with Crippen molar-refractivity contribution in [2.75, 3.05) is 7.05 Å². The molecule has 1 atom stereocenters. The quantitative estimate of drug-likeness (QED) is 0.862. The first-order valence-electron chi connectivity index (χ1n) is 5.51. The molecule has 0 aliphatic carbocycles. The van der Waals surface area contributed by atoms with Gasteiger partial charge in [0.05, 0.1) is 17.9 Å². The third kappa shape index (κ3) is 2.78. The van der Waals surface area contributed by atoms with Gasteiger partial charge in [0.2, 0.25) is 0 Å². The summed E-state index contributed by atoms with van der Waals surface area (Å²) in [6, 6.07) is 4.71. The highest BCUT2D eigenvalue weighted by molar-refractivity contribution is 5.33. The monoisotopic (exact) mass is 273 g/mol. The molecule has 0 bridgehead atoms. The molecular weight excluding hydrogens is 262 g/mol. The molecule has 6 heteroatoms. The summed E-state index contributed by atoms with van der Waals surface area (Å²) < 4.78 is 56.8. The molecule has 1 aromatic carbocycles. The largest absolute Gasteiger partial charge is 0.467 e. The number of rotatable bonds is 3. The summed E-state index contributed by atoms with van der Waals surface area (Å²) in [6.45, 7) is 0. The number of hydrogen-bond donors (Lipinski definition) is 1. The summed E-state index contributed by atoms with van der Waals surface area (Å²) >= 11 is 0. The second-order valence-corrected chi connectivity index (χ2v) is 3.97. The first-order valence-corrected chi connectivity index (χ1v) is 5.51. The molecular formula is C13H11F4NO. The van der Waals surface area contributed by atoms with Crippen LogP contribution in [0.1, 0.15) is 22.9 Å². The average Bonchev–Trinajstić information content (AvgIpc) is 2.84. The molecule has 0 aliphatic rings. The Labute approximate surface area is 107 Å². The van der Waals surface area contributed by atoms with Gasteiger partial charge in [-0.1, -0.05) is 0 Å². The summed E-state index contributed by atoms with van der Waals surface area (Å²) in [4.78, 5) is 0. The van der Waals surface area contributed by atoms with Crippen LogP contribution in [0.25, 0.3) is 0 Å². The van der Waals surface area contributed by atoms with Crippen LogP contribution < -0.4 is 5.32 Å². The van der Waals surface area contributed by atoms with E-state index in [2.05, 4.69) is 5.32 Å². The zero-order valence-corrected chi connectivity index (χ0v) is 9.96. The van der Waals surface area contributed by atoms with Crippen molar-refractivity contribution in [2.45, 2.75) is 12.2 Å². The third-order valence-corrected chi connectivity index (χ3v) is 2.75. The Morgan fingerprint density at radius 3 is 2.47 bits per heavy atom. The fourth-order valence-electron chi connectivity index (χ4n) is 1.85. The summed E-state index contributed by atoms with van der Waals surface area (Å²) in [6.07, 6.45) is -3.13. The standard InChI is InChI=1S/C13H11F4NO/c1-18-12(11-3-2-6-19-11)9-7-8(13(15,16)17)4-5-10(9)14/h2-7,12,18H,1H3. The van der Waals surface area contributed by atoms with Crippen LogP contribution in [-0.2, 0) is 6.18 Å². The number of alkyl halides is 3. The van der Waals surface area contributed by atoms with E-state index in [1.807, 2.05) is 0 Å². The number of furan rings is 1. The predicted molar refractivity (Wildman–Crippen MR) is 61.0 cm³/mol. The molecule has 1 N–H and O–H groups in total. The first-order chi connectivity index (χ1) is 8.93. The summed E-state index contributed by atoms with van der Waals surface area (Å²) in [5.41, 5.74) is -0.997. The van der Waals surface area contributed by atoms with E-state index in [0.29, 0.717) is 11.8 Å². The Morgan fingerprint density at radius 2 is 1.95 bits per heavy atom. The second-order valence-electron chi connectivity index (χ2n) is 3.97. The highest BCUT2D eigenvalue weighted by atomic mass is 19.4. The smallest absolute Gasteiger partial charge is 0.416 e. The van der Waals surface area contributed by atoms with Gasteiger partial charge in [-0.05, 0) is 37.4 Å². The lowest BCUT2D eigenvalue weighted by atomic mass is 10.0. The van der Waals surface area contributed by atoms with Crippen LogP contribution in [0.2, 0.25) is 0 Å². The minimum Gasteiger partial charge on any atom is -0.467 e. The van der Waals surface area contributed by atoms with Gasteiger partial charge in [0.15, 0.2) is 0 Å². The minimum atomic E-state index is -4.51. The number of halogens is 4. The van der Waals surface area contributed by atoms with Gasteiger partial charge in [-0.2, -0.15) is 13.2 Å². The molecule has 0 fully saturated rings. The lowest BCUT2D eigenvalue weighted by molar-refractivity contribution is -0.137. The Balaban J connectivity index is 2.48. The van der Waals surface area contributed by atoms with Crippen molar-refractivity contribution >= 4 is 0 Å². The molecule has 102 valence electrons. The summed E-state index contributed by atoms with van der Waals surface area (Å²) in [7, 11) is 1.52. The fourth-order valence-corrected chi connectivity index (χ4v) is 1.85. The Kier molecular flexibility index (Phi) is 3.61. The maximum absolute atomic E-state index is 13.7. The molecule has 1 aromatic heterocycles. The highest BCUT2D eigenvalue weighted by Crippen LogP contribution is 2.33. The summed E-state index contributed by atoms with van der Waals surface area (Å²) in [5.74, 6) is -0.371. The molecule has 0 saturated carbocycles. The molecule has 0 saturated heterocycles. The van der Waals surface area contributed by atoms with E-state index in [0.717, 1.165) is 12.1 Å². The zero-order valence-electron chi connectivity index (χ0n) is 9.96. The van der Waals surface area contributed by atoms with Crippen molar-refractivity contribution in [3.63, 3.8) is 0 Å². The molecule has 1 unspecified atom stereocenters. The average molecular weight is 273 g/mol. The van der Waals surface area contributed by atoms with Crippen molar-refractivity contribution < 1.29 is 22.0 Å². The van der Waals surface area contributed by atoms with Gasteiger partial charge in [-0.3, -0.25) is 0 Å². The van der Waals surface area contributed by atoms with Gasteiger partial charge in [0, 0.05) is 5.56 Å². The Bertz CT molecular complexity index is 548. The van der Waals surface area contributed by atoms with Crippen LogP contribution >= 0.6 is 0 Å². The van der Waals surface area contributed by atoms with Crippen LogP contribution in [0.5, 0.6) is 0 Å². The number of hydrogen-bond acceptors (Lipinski definition) is 2. The van der Waals surface area contributed by atoms with Crippen molar-refractivity contribution in [1.29, 1.82) is 0 Å². The Hall–Kier alpha value is -1.82. The molecule has 2 nitrogen and oxygen atoms in total. The highest BCUT2D eigenvalue weighted by Gasteiger charge is 2.32. The lowest BCUT2D eigenvalue weighted by Crippen LogP contribution is -2.19. The van der Waals surface area contributed by atoms with E-state index in [-0.39, 0.29) is 5.56 Å². The lowest BCUT2D eigenvalue weighted by Gasteiger charge is -2.17. The van der Waals surface area contributed by atoms with Crippen molar-refractivity contribution in [1.82, 2.24) is 5.32 Å². The fraction of sp³-hybridized carbons (Fsp3) is 0.231. The van der Waals surface area contributed by atoms with Crippen LogP contribution in [0.15, 0.2) is 41.0 Å². The normalized spacial score (nSPS) is 13.5. The minimum absolute atomic E-state index is 0.104. The van der Waals surface area contributed by atoms with Crippen LogP contribution in [0.4, 0.5) is 17.6 Å². The predicted octanol–water partition coefficient (Wildman–Crippen LogP) is 3.75. The second kappa shape index (κ2) is 5.05. The van der Waals surface area contributed by atoms with Gasteiger partial charge >= 0.3 is 6.18 Å². The van der Waals surface area contributed by atoms with Crippen LogP contribution in [0.3, 0.4) is 0 Å². The molecule has 0 spiro atoms. The molecule has 2 aromatic rings. The summed E-state index contributed by atoms with van der Waals surface area (Å²) in [5, 5.41) is 2.74. The van der Waals surface area contributed by atoms with Crippen LogP contribution in [-0.4, -0.2) is 7.05 Å². The molecule has 19 heavy (non-hydrogen) atoms. The van der Waals surface area contributed by atoms with Crippen molar-refractivity contribution in [2.24, 2.45) is 0 Å². The molecule has 1 heterocycles. The maximum Gasteiger partial charge on any atom is 0.416 e. The van der Waals surface area contributed by atoms with Gasteiger partial charge in [-0.25, -0.2) is 4.39 Å². The van der Waals surface area contributed by atoms with E-state index < -0.39 is 23.6 Å². The molecule has 2 rings (SSSR count). The van der Waals surface area contributed by atoms with Gasteiger partial charge in [0.1, 0.15) is 11.6 Å². The number of nitrogens with one attached hydrogen (secondary N) is 1. The Morgan fingerprint density at radius 1 is 1.21 bits per heavy atom. The van der Waals surface area contributed by atoms with E-state index in [1.165, 1.54) is 13.3 Å². The van der Waals surface area contributed by atoms with E-state index in [4.69, 9.17) is 4.42 Å². The van der Waals surface area contributed by atoms with E-state index >= 15 is 0 Å². The third-order valence-electron chi connectivity index (χ3n) is 2.75. The topological polar surface area (TPSA) is 25.2 Å². The van der Waals surface area contributed by atoms with Crippen LogP contribution in [0, 0.1) is 5.82 Å². The van der Waals surface area contributed by atoms with Crippen molar-refractivity contribution in [3.05, 3.63) is 59.3 Å².